The molecule has 0 radical (unpaired) electrons. The van der Waals surface area contributed by atoms with Crippen molar-refractivity contribution in [2.45, 2.75) is 12.5 Å². The molecule has 1 atom stereocenters. The van der Waals surface area contributed by atoms with Crippen molar-refractivity contribution < 1.29 is 13.9 Å². The third kappa shape index (κ3) is 1.78. The Hall–Kier alpha value is -1.16. The molecule has 1 aromatic rings. The average molecular weight is 202 g/mol. The Kier molecular flexibility index (Phi) is 2.14. The van der Waals surface area contributed by atoms with E-state index in [0.717, 1.165) is 0 Å². The van der Waals surface area contributed by atoms with E-state index < -0.39 is 6.09 Å². The van der Waals surface area contributed by atoms with Crippen LogP contribution in [0, 0.1) is 0 Å². The molecule has 1 fully saturated rings. The number of cyclic esters (lactones) is 1. The highest BCUT2D eigenvalue weighted by molar-refractivity contribution is 6.28. The Balaban J connectivity index is 2.12. The monoisotopic (exact) mass is 201 g/mol. The smallest absolute Gasteiger partial charge is 0.407 e. The molecule has 70 valence electrons. The van der Waals surface area contributed by atoms with Gasteiger partial charge in [-0.15, -0.1) is 0 Å². The van der Waals surface area contributed by atoms with Gasteiger partial charge in [0.25, 0.3) is 0 Å². The van der Waals surface area contributed by atoms with Crippen molar-refractivity contribution in [3.8, 4) is 0 Å². The van der Waals surface area contributed by atoms with Crippen molar-refractivity contribution in [2.75, 3.05) is 6.61 Å². The van der Waals surface area contributed by atoms with E-state index in [1.54, 1.807) is 12.1 Å². The number of amides is 1. The van der Waals surface area contributed by atoms with Crippen LogP contribution < -0.4 is 5.32 Å². The largest absolute Gasteiger partial charge is 0.449 e. The van der Waals surface area contributed by atoms with E-state index in [0.29, 0.717) is 24.0 Å². The third-order valence-corrected chi connectivity index (χ3v) is 2.07. The SMILES string of the molecule is O=C1NC(c2ccc(Cl)o2)CCO1. The number of halogens is 1. The zero-order valence-electron chi connectivity index (χ0n) is 6.75. The second kappa shape index (κ2) is 3.30. The van der Waals surface area contributed by atoms with E-state index in [1.807, 2.05) is 0 Å². The van der Waals surface area contributed by atoms with Gasteiger partial charge in [0.15, 0.2) is 5.22 Å². The molecular weight excluding hydrogens is 194 g/mol. The molecule has 0 bridgehead atoms. The summed E-state index contributed by atoms with van der Waals surface area (Å²) in [7, 11) is 0. The normalized spacial score (nSPS) is 22.2. The van der Waals surface area contributed by atoms with Gasteiger partial charge >= 0.3 is 6.09 Å². The lowest BCUT2D eigenvalue weighted by Crippen LogP contribution is -2.35. The number of carbonyl (C=O) groups is 1. The van der Waals surface area contributed by atoms with E-state index in [4.69, 9.17) is 20.8 Å². The number of rotatable bonds is 1. The first-order valence-corrected chi connectivity index (χ1v) is 4.32. The van der Waals surface area contributed by atoms with Crippen LogP contribution in [0.2, 0.25) is 5.22 Å². The maximum atomic E-state index is 10.8. The highest BCUT2D eigenvalue weighted by Crippen LogP contribution is 2.24. The zero-order chi connectivity index (χ0) is 9.26. The molecule has 0 spiro atoms. The van der Waals surface area contributed by atoms with Gasteiger partial charge in [0.05, 0.1) is 12.6 Å². The van der Waals surface area contributed by atoms with Crippen LogP contribution in [0.4, 0.5) is 4.79 Å². The molecule has 0 aliphatic carbocycles. The fourth-order valence-corrected chi connectivity index (χ4v) is 1.41. The topological polar surface area (TPSA) is 51.5 Å². The first-order valence-electron chi connectivity index (χ1n) is 3.94. The van der Waals surface area contributed by atoms with Crippen LogP contribution in [-0.2, 0) is 4.74 Å². The molecule has 2 heterocycles. The minimum Gasteiger partial charge on any atom is -0.449 e. The minimum atomic E-state index is -0.413. The summed E-state index contributed by atoms with van der Waals surface area (Å²) in [6.07, 6.45) is 0.291. The molecule has 2 rings (SSSR count). The molecule has 0 aromatic carbocycles. The lowest BCUT2D eigenvalue weighted by molar-refractivity contribution is 0.111. The molecular formula is C8H8ClNO3. The molecule has 5 heteroatoms. The summed E-state index contributed by atoms with van der Waals surface area (Å²) in [6.45, 7) is 0.412. The summed E-state index contributed by atoms with van der Waals surface area (Å²) < 4.78 is 9.88. The predicted molar refractivity (Wildman–Crippen MR) is 45.6 cm³/mol. The van der Waals surface area contributed by atoms with Gasteiger partial charge in [-0.05, 0) is 23.7 Å². The maximum absolute atomic E-state index is 10.8. The van der Waals surface area contributed by atoms with Gasteiger partial charge in [0.1, 0.15) is 5.76 Å². The van der Waals surface area contributed by atoms with Crippen molar-refractivity contribution >= 4 is 17.7 Å². The van der Waals surface area contributed by atoms with Gasteiger partial charge in [-0.1, -0.05) is 0 Å². The Morgan fingerprint density at radius 2 is 2.38 bits per heavy atom. The Labute approximate surface area is 79.8 Å². The number of furan rings is 1. The minimum absolute atomic E-state index is 0.117. The highest BCUT2D eigenvalue weighted by Gasteiger charge is 2.23. The number of hydrogen-bond donors (Lipinski definition) is 1. The van der Waals surface area contributed by atoms with Crippen LogP contribution in [-0.4, -0.2) is 12.7 Å². The van der Waals surface area contributed by atoms with Gasteiger partial charge in [-0.25, -0.2) is 4.79 Å². The molecule has 4 nitrogen and oxygen atoms in total. The maximum Gasteiger partial charge on any atom is 0.407 e. The molecule has 1 amide bonds. The van der Waals surface area contributed by atoms with Gasteiger partial charge in [0.2, 0.25) is 0 Å². The molecule has 1 saturated heterocycles. The van der Waals surface area contributed by atoms with Crippen LogP contribution in [0.15, 0.2) is 16.5 Å². The first kappa shape index (κ1) is 8.44. The summed E-state index contributed by atoms with van der Waals surface area (Å²) in [5.41, 5.74) is 0. The van der Waals surface area contributed by atoms with Crippen molar-refractivity contribution in [1.29, 1.82) is 0 Å². The Morgan fingerprint density at radius 1 is 1.54 bits per heavy atom. The first-order chi connectivity index (χ1) is 6.25. The molecule has 1 aliphatic rings. The van der Waals surface area contributed by atoms with Crippen molar-refractivity contribution in [3.05, 3.63) is 23.1 Å². The van der Waals surface area contributed by atoms with Gasteiger partial charge < -0.3 is 14.5 Å². The summed E-state index contributed by atoms with van der Waals surface area (Å²) in [5.74, 6) is 0.668. The van der Waals surface area contributed by atoms with Crippen molar-refractivity contribution in [1.82, 2.24) is 5.32 Å². The molecule has 1 aliphatic heterocycles. The molecule has 13 heavy (non-hydrogen) atoms. The zero-order valence-corrected chi connectivity index (χ0v) is 7.50. The number of alkyl carbamates (subject to hydrolysis) is 1. The molecule has 1 aromatic heterocycles. The molecule has 1 N–H and O–H groups in total. The quantitative estimate of drug-likeness (QED) is 0.757. The summed E-state index contributed by atoms with van der Waals surface area (Å²) >= 11 is 5.61. The third-order valence-electron chi connectivity index (χ3n) is 1.87. The fourth-order valence-electron chi connectivity index (χ4n) is 1.25. The number of nitrogens with one attached hydrogen (secondary N) is 1. The van der Waals surface area contributed by atoms with Crippen LogP contribution in [0.5, 0.6) is 0 Å². The van der Waals surface area contributed by atoms with Gasteiger partial charge in [-0.3, -0.25) is 0 Å². The number of hydrogen-bond acceptors (Lipinski definition) is 3. The van der Waals surface area contributed by atoms with Crippen molar-refractivity contribution in [3.63, 3.8) is 0 Å². The van der Waals surface area contributed by atoms with E-state index >= 15 is 0 Å². The average Bonchev–Trinajstić information content (AvgIpc) is 2.52. The molecule has 0 saturated carbocycles. The van der Waals surface area contributed by atoms with Crippen LogP contribution >= 0.6 is 11.6 Å². The lowest BCUT2D eigenvalue weighted by atomic mass is 10.1. The second-order valence-electron chi connectivity index (χ2n) is 2.76. The highest BCUT2D eigenvalue weighted by atomic mass is 35.5. The Morgan fingerprint density at radius 3 is 3.00 bits per heavy atom. The molecule has 1 unspecified atom stereocenters. The summed E-state index contributed by atoms with van der Waals surface area (Å²) in [5, 5.41) is 2.96. The number of ether oxygens (including phenoxy) is 1. The van der Waals surface area contributed by atoms with Gasteiger partial charge in [0, 0.05) is 6.42 Å². The fraction of sp³-hybridized carbons (Fsp3) is 0.375. The van der Waals surface area contributed by atoms with E-state index in [-0.39, 0.29) is 6.04 Å². The summed E-state index contributed by atoms with van der Waals surface area (Å²) in [6, 6.07) is 3.28. The van der Waals surface area contributed by atoms with Gasteiger partial charge in [-0.2, -0.15) is 0 Å². The predicted octanol–water partition coefficient (Wildman–Crippen LogP) is 2.10. The lowest BCUT2D eigenvalue weighted by Gasteiger charge is -2.21. The van der Waals surface area contributed by atoms with Crippen LogP contribution in [0.3, 0.4) is 0 Å². The Bertz CT molecular complexity index is 323. The standard InChI is InChI=1S/C8H8ClNO3/c9-7-2-1-6(13-7)5-3-4-12-8(11)10-5/h1-2,5H,3-4H2,(H,10,11). The second-order valence-corrected chi connectivity index (χ2v) is 3.14. The van der Waals surface area contributed by atoms with Crippen molar-refractivity contribution in [2.24, 2.45) is 0 Å². The van der Waals surface area contributed by atoms with Crippen LogP contribution in [0.1, 0.15) is 18.2 Å². The number of carbonyl (C=O) groups excluding carboxylic acids is 1. The van der Waals surface area contributed by atoms with E-state index in [9.17, 15) is 4.79 Å². The van der Waals surface area contributed by atoms with E-state index in [2.05, 4.69) is 5.32 Å². The summed E-state index contributed by atoms with van der Waals surface area (Å²) in [4.78, 5) is 10.8. The van der Waals surface area contributed by atoms with E-state index in [1.165, 1.54) is 0 Å². The van der Waals surface area contributed by atoms with Crippen LogP contribution in [0.25, 0.3) is 0 Å².